The summed E-state index contributed by atoms with van der Waals surface area (Å²) >= 11 is 0. The average Bonchev–Trinajstić information content (AvgIpc) is 2.00. The largest absolute Gasteiger partial charge is 0.481 e. The number of nitrogens with one attached hydrogen (secondary N) is 1. The molecule has 0 aliphatic carbocycles. The number of aliphatic carboxylic acids is 1. The lowest BCUT2D eigenvalue weighted by atomic mass is 10.1. The molecule has 0 amide bonds. The Hall–Kier alpha value is -1.01. The van der Waals surface area contributed by atoms with Crippen LogP contribution in [-0.2, 0) is 4.79 Å². The summed E-state index contributed by atoms with van der Waals surface area (Å²) in [5.74, 6) is 1.76. The van der Waals surface area contributed by atoms with Crippen LogP contribution in [0.3, 0.4) is 0 Å². The van der Waals surface area contributed by atoms with Crippen molar-refractivity contribution in [2.45, 2.75) is 38.8 Å². The van der Waals surface area contributed by atoms with Crippen LogP contribution in [0, 0.1) is 12.3 Å². The van der Waals surface area contributed by atoms with Crippen LogP contribution in [0.5, 0.6) is 0 Å². The molecule has 0 bridgehead atoms. The Morgan fingerprint density at radius 1 is 1.67 bits per heavy atom. The third-order valence-corrected chi connectivity index (χ3v) is 1.58. The number of carbonyl (C=O) groups is 1. The minimum Gasteiger partial charge on any atom is -0.481 e. The van der Waals surface area contributed by atoms with E-state index in [-0.39, 0.29) is 18.5 Å². The van der Waals surface area contributed by atoms with Crippen LogP contribution < -0.4 is 5.32 Å². The molecule has 0 aromatic heterocycles. The zero-order valence-electron chi connectivity index (χ0n) is 7.50. The van der Waals surface area contributed by atoms with E-state index in [1.54, 1.807) is 0 Å². The van der Waals surface area contributed by atoms with Crippen LogP contribution in [0.2, 0.25) is 0 Å². The lowest BCUT2D eigenvalue weighted by Gasteiger charge is -2.14. The van der Waals surface area contributed by atoms with Gasteiger partial charge in [-0.2, -0.15) is 0 Å². The molecule has 0 spiro atoms. The monoisotopic (exact) mass is 169 g/mol. The van der Waals surface area contributed by atoms with Gasteiger partial charge in [0, 0.05) is 12.5 Å². The first kappa shape index (κ1) is 11.0. The van der Waals surface area contributed by atoms with E-state index in [1.165, 1.54) is 0 Å². The Balaban J connectivity index is 3.54. The van der Waals surface area contributed by atoms with E-state index in [9.17, 15) is 4.79 Å². The molecule has 3 nitrogen and oxygen atoms in total. The van der Waals surface area contributed by atoms with Crippen LogP contribution in [0.1, 0.15) is 26.7 Å². The number of carboxylic acid groups (broad SMARTS) is 1. The van der Waals surface area contributed by atoms with Gasteiger partial charge in [-0.05, 0) is 20.3 Å². The Morgan fingerprint density at radius 2 is 2.25 bits per heavy atom. The van der Waals surface area contributed by atoms with Crippen molar-refractivity contribution in [3.63, 3.8) is 0 Å². The summed E-state index contributed by atoms with van der Waals surface area (Å²) in [6, 6.07) is 0.168. The fourth-order valence-corrected chi connectivity index (χ4v) is 0.898. The molecule has 0 saturated heterocycles. The van der Waals surface area contributed by atoms with E-state index in [0.717, 1.165) is 0 Å². The number of carboxylic acids is 1. The van der Waals surface area contributed by atoms with Gasteiger partial charge in [-0.3, -0.25) is 4.79 Å². The summed E-state index contributed by atoms with van der Waals surface area (Å²) in [7, 11) is 0. The topological polar surface area (TPSA) is 49.3 Å². The third kappa shape index (κ3) is 5.75. The van der Waals surface area contributed by atoms with E-state index < -0.39 is 5.97 Å². The highest BCUT2D eigenvalue weighted by Gasteiger charge is 2.06. The van der Waals surface area contributed by atoms with Gasteiger partial charge in [-0.15, -0.1) is 6.42 Å². The van der Waals surface area contributed by atoms with Crippen molar-refractivity contribution in [2.75, 3.05) is 0 Å². The van der Waals surface area contributed by atoms with Gasteiger partial charge in [0.05, 0.1) is 6.04 Å². The molecule has 0 aliphatic heterocycles. The molecular weight excluding hydrogens is 154 g/mol. The maximum Gasteiger partial charge on any atom is 0.303 e. The van der Waals surface area contributed by atoms with Gasteiger partial charge in [0.25, 0.3) is 0 Å². The minimum atomic E-state index is -0.767. The summed E-state index contributed by atoms with van der Waals surface area (Å²) < 4.78 is 0. The van der Waals surface area contributed by atoms with E-state index in [0.29, 0.717) is 6.42 Å². The summed E-state index contributed by atoms with van der Waals surface area (Å²) in [5, 5.41) is 11.5. The summed E-state index contributed by atoms with van der Waals surface area (Å²) in [4.78, 5) is 10.2. The highest BCUT2D eigenvalue weighted by molar-refractivity contribution is 5.66. The van der Waals surface area contributed by atoms with E-state index in [4.69, 9.17) is 11.5 Å². The lowest BCUT2D eigenvalue weighted by Crippen LogP contribution is -2.33. The Labute approximate surface area is 73.2 Å². The molecule has 2 atom stereocenters. The molecule has 2 unspecified atom stereocenters. The molecule has 12 heavy (non-hydrogen) atoms. The van der Waals surface area contributed by atoms with Gasteiger partial charge in [0.1, 0.15) is 0 Å². The normalized spacial score (nSPS) is 14.8. The SMILES string of the molecule is C#CC(C)NC(C)CCC(=O)O. The Morgan fingerprint density at radius 3 is 2.67 bits per heavy atom. The van der Waals surface area contributed by atoms with Crippen molar-refractivity contribution in [3.05, 3.63) is 0 Å². The van der Waals surface area contributed by atoms with Gasteiger partial charge in [0.15, 0.2) is 0 Å². The molecule has 0 aromatic rings. The van der Waals surface area contributed by atoms with Gasteiger partial charge >= 0.3 is 5.97 Å². The molecule has 0 heterocycles. The number of terminal acetylenes is 1. The lowest BCUT2D eigenvalue weighted by molar-refractivity contribution is -0.137. The highest BCUT2D eigenvalue weighted by atomic mass is 16.4. The standard InChI is InChI=1S/C9H15NO2/c1-4-7(2)10-8(3)5-6-9(11)12/h1,7-8,10H,5-6H2,2-3H3,(H,11,12). The summed E-state index contributed by atoms with van der Waals surface area (Å²) in [6.07, 6.45) is 5.95. The minimum absolute atomic E-state index is 0.00814. The summed E-state index contributed by atoms with van der Waals surface area (Å²) in [5.41, 5.74) is 0. The smallest absolute Gasteiger partial charge is 0.303 e. The maximum absolute atomic E-state index is 10.2. The van der Waals surface area contributed by atoms with Crippen molar-refractivity contribution in [3.8, 4) is 12.3 Å². The van der Waals surface area contributed by atoms with Gasteiger partial charge in [-0.25, -0.2) is 0 Å². The second-order valence-corrected chi connectivity index (χ2v) is 2.89. The van der Waals surface area contributed by atoms with Gasteiger partial charge in [0.2, 0.25) is 0 Å². The quantitative estimate of drug-likeness (QED) is 0.600. The molecule has 68 valence electrons. The van der Waals surface area contributed by atoms with Crippen LogP contribution in [0.4, 0.5) is 0 Å². The molecule has 0 radical (unpaired) electrons. The van der Waals surface area contributed by atoms with E-state index in [2.05, 4.69) is 11.2 Å². The van der Waals surface area contributed by atoms with E-state index in [1.807, 2.05) is 13.8 Å². The van der Waals surface area contributed by atoms with Crippen molar-refractivity contribution >= 4 is 5.97 Å². The van der Waals surface area contributed by atoms with Gasteiger partial charge in [-0.1, -0.05) is 5.92 Å². The fourth-order valence-electron chi connectivity index (χ4n) is 0.898. The Bertz CT molecular complexity index is 183. The second-order valence-electron chi connectivity index (χ2n) is 2.89. The van der Waals surface area contributed by atoms with Crippen LogP contribution in [0.25, 0.3) is 0 Å². The number of hydrogen-bond donors (Lipinski definition) is 2. The molecule has 2 N–H and O–H groups in total. The van der Waals surface area contributed by atoms with Crippen molar-refractivity contribution in [1.29, 1.82) is 0 Å². The Kier molecular flexibility index (Phi) is 5.14. The molecule has 0 fully saturated rings. The first-order valence-corrected chi connectivity index (χ1v) is 4.00. The predicted octanol–water partition coefficient (Wildman–Crippen LogP) is 0.851. The fraction of sp³-hybridized carbons (Fsp3) is 0.667. The predicted molar refractivity (Wildman–Crippen MR) is 47.8 cm³/mol. The second kappa shape index (κ2) is 5.62. The first-order chi connectivity index (χ1) is 5.56. The number of rotatable bonds is 5. The summed E-state index contributed by atoms with van der Waals surface area (Å²) in [6.45, 7) is 3.80. The van der Waals surface area contributed by atoms with E-state index >= 15 is 0 Å². The zero-order chi connectivity index (χ0) is 9.56. The molecule has 0 saturated carbocycles. The van der Waals surface area contributed by atoms with Crippen LogP contribution in [-0.4, -0.2) is 23.2 Å². The molecular formula is C9H15NO2. The van der Waals surface area contributed by atoms with Crippen LogP contribution in [0.15, 0.2) is 0 Å². The van der Waals surface area contributed by atoms with Crippen molar-refractivity contribution < 1.29 is 9.90 Å². The molecule has 0 aromatic carbocycles. The van der Waals surface area contributed by atoms with Gasteiger partial charge < -0.3 is 10.4 Å². The zero-order valence-corrected chi connectivity index (χ0v) is 7.50. The van der Waals surface area contributed by atoms with Crippen molar-refractivity contribution in [1.82, 2.24) is 5.32 Å². The van der Waals surface area contributed by atoms with Crippen LogP contribution >= 0.6 is 0 Å². The molecule has 3 heteroatoms. The average molecular weight is 169 g/mol. The molecule has 0 rings (SSSR count). The highest BCUT2D eigenvalue weighted by Crippen LogP contribution is 1.97. The number of hydrogen-bond acceptors (Lipinski definition) is 2. The van der Waals surface area contributed by atoms with Crippen molar-refractivity contribution in [2.24, 2.45) is 0 Å². The third-order valence-electron chi connectivity index (χ3n) is 1.58. The first-order valence-electron chi connectivity index (χ1n) is 4.00. The molecule has 0 aliphatic rings. The maximum atomic E-state index is 10.2.